The van der Waals surface area contributed by atoms with Gasteiger partial charge in [-0.1, -0.05) is 57.0 Å². The Kier molecular flexibility index (Phi) is 11.1. The number of alkyl halides is 3. The van der Waals surface area contributed by atoms with Crippen molar-refractivity contribution >= 4 is 29.3 Å². The lowest BCUT2D eigenvalue weighted by molar-refractivity contribution is -0.138. The van der Waals surface area contributed by atoms with Crippen molar-refractivity contribution in [3.63, 3.8) is 0 Å². The van der Waals surface area contributed by atoms with Crippen LogP contribution in [0.25, 0.3) is 0 Å². The van der Waals surface area contributed by atoms with Crippen molar-refractivity contribution in [3.8, 4) is 0 Å². The third-order valence-corrected chi connectivity index (χ3v) is 7.15. The van der Waals surface area contributed by atoms with Crippen LogP contribution in [0.15, 0.2) is 72.8 Å². The molecule has 3 amide bonds. The van der Waals surface area contributed by atoms with Crippen molar-refractivity contribution in [2.24, 2.45) is 0 Å². The lowest BCUT2D eigenvalue weighted by Gasteiger charge is -2.26. The molecule has 0 heterocycles. The molecule has 10 heteroatoms. The van der Waals surface area contributed by atoms with Crippen LogP contribution in [0.2, 0.25) is 0 Å². The third-order valence-electron chi connectivity index (χ3n) is 7.15. The number of carbonyl (C=O) groups is 3. The quantitative estimate of drug-likeness (QED) is 0.239. The summed E-state index contributed by atoms with van der Waals surface area (Å²) in [6.07, 6.45) is 1.11. The summed E-state index contributed by atoms with van der Waals surface area (Å²) in [5, 5.41) is 13.9. The molecule has 0 radical (unpaired) electrons. The average Bonchev–Trinajstić information content (AvgIpc) is 2.96. The number of amides is 3. The highest BCUT2D eigenvalue weighted by atomic mass is 19.4. The highest BCUT2D eigenvalue weighted by molar-refractivity contribution is 6.01. The molecule has 3 aromatic rings. The van der Waals surface area contributed by atoms with Gasteiger partial charge in [0.2, 0.25) is 0 Å². The fourth-order valence-corrected chi connectivity index (χ4v) is 4.94. The van der Waals surface area contributed by atoms with E-state index in [2.05, 4.69) is 10.6 Å². The zero-order chi connectivity index (χ0) is 29.4. The van der Waals surface area contributed by atoms with Gasteiger partial charge in [-0.25, -0.2) is 4.79 Å². The number of nitrogens with zero attached hydrogens (tertiary/aromatic N) is 1. The maximum Gasteiger partial charge on any atom is 0.416 e. The van der Waals surface area contributed by atoms with E-state index < -0.39 is 29.6 Å². The maximum atomic E-state index is 13.4. The first-order chi connectivity index (χ1) is 19.6. The van der Waals surface area contributed by atoms with E-state index in [0.29, 0.717) is 22.7 Å². The number of anilines is 2. The second kappa shape index (κ2) is 14.5. The van der Waals surface area contributed by atoms with Gasteiger partial charge in [-0.05, 0) is 72.4 Å². The Bertz CT molecular complexity index is 1350. The Morgan fingerprint density at radius 3 is 2.19 bits per heavy atom. The number of aliphatic carboxylic acids is 1. The van der Waals surface area contributed by atoms with Gasteiger partial charge in [-0.3, -0.25) is 14.5 Å². The van der Waals surface area contributed by atoms with Crippen LogP contribution < -0.4 is 15.5 Å². The Labute approximate surface area is 243 Å². The summed E-state index contributed by atoms with van der Waals surface area (Å²) in [4.78, 5) is 37.8. The molecule has 0 atom stereocenters. The van der Waals surface area contributed by atoms with Crippen LogP contribution in [-0.4, -0.2) is 29.6 Å². The second-order valence-electron chi connectivity index (χ2n) is 10.1. The van der Waals surface area contributed by atoms with Crippen LogP contribution >= 0.6 is 0 Å². The molecule has 0 aliphatic heterocycles. The molecule has 42 heavy (non-hydrogen) atoms. The fraction of sp³-hybridized carbons (Fsp3) is 0.344. The molecule has 0 aromatic heterocycles. The number of urea groups is 1. The number of carboxylic acids is 1. The molecular weight excluding hydrogens is 547 g/mol. The Morgan fingerprint density at radius 1 is 0.905 bits per heavy atom. The van der Waals surface area contributed by atoms with Crippen molar-refractivity contribution in [2.45, 2.75) is 64.6 Å². The standard InChI is InChI=1S/C31H32F3N3O4.CH4/c32-31(33,34)25-7-4-8-26(19-25)36-30(41)37(27-15-13-23(14-16-27)22-5-2-1-3-6-22)20-21-9-11-24(12-10-21)29(40)35-18-17-28(38)39;/h4,7-16,19,22H,1-3,5-6,17-18,20H2,(H,35,40)(H,36,41)(H,38,39);1H4. The van der Waals surface area contributed by atoms with E-state index in [4.69, 9.17) is 5.11 Å². The first-order valence-electron chi connectivity index (χ1n) is 13.5. The Balaban J connectivity index is 0.00000484. The average molecular weight is 584 g/mol. The highest BCUT2D eigenvalue weighted by Crippen LogP contribution is 2.34. The molecule has 1 saturated carbocycles. The number of carboxylic acid groups (broad SMARTS) is 1. The number of hydrogen-bond donors (Lipinski definition) is 3. The van der Waals surface area contributed by atoms with Crippen molar-refractivity contribution in [2.75, 3.05) is 16.8 Å². The summed E-state index contributed by atoms with van der Waals surface area (Å²) in [5.74, 6) is -0.967. The Morgan fingerprint density at radius 2 is 1.57 bits per heavy atom. The van der Waals surface area contributed by atoms with Crippen molar-refractivity contribution in [3.05, 3.63) is 95.1 Å². The van der Waals surface area contributed by atoms with E-state index in [1.165, 1.54) is 41.9 Å². The smallest absolute Gasteiger partial charge is 0.416 e. The molecule has 0 spiro atoms. The lowest BCUT2D eigenvalue weighted by atomic mass is 9.84. The molecule has 0 saturated heterocycles. The van der Waals surface area contributed by atoms with Gasteiger partial charge in [-0.15, -0.1) is 0 Å². The van der Waals surface area contributed by atoms with Crippen LogP contribution in [0.3, 0.4) is 0 Å². The summed E-state index contributed by atoms with van der Waals surface area (Å²) in [6.45, 7) is 0.0880. The van der Waals surface area contributed by atoms with E-state index in [-0.39, 0.29) is 32.6 Å². The van der Waals surface area contributed by atoms with Crippen LogP contribution in [0, 0.1) is 0 Å². The molecule has 1 aliphatic rings. The van der Waals surface area contributed by atoms with Crippen molar-refractivity contribution < 1.29 is 32.7 Å². The summed E-state index contributed by atoms with van der Waals surface area (Å²) in [6, 6.07) is 18.0. The molecule has 7 nitrogen and oxygen atoms in total. The van der Waals surface area contributed by atoms with E-state index in [9.17, 15) is 27.6 Å². The van der Waals surface area contributed by atoms with Gasteiger partial charge >= 0.3 is 18.2 Å². The first kappa shape index (κ1) is 32.2. The predicted octanol–water partition coefficient (Wildman–Crippen LogP) is 7.83. The summed E-state index contributed by atoms with van der Waals surface area (Å²) >= 11 is 0. The first-order valence-corrected chi connectivity index (χ1v) is 13.5. The van der Waals surface area contributed by atoms with Gasteiger partial charge in [0, 0.05) is 23.5 Å². The number of benzene rings is 3. The Hall–Kier alpha value is -4.34. The second-order valence-corrected chi connectivity index (χ2v) is 10.1. The third kappa shape index (κ3) is 8.83. The molecule has 224 valence electrons. The fourth-order valence-electron chi connectivity index (χ4n) is 4.94. The molecular formula is C32H36F3N3O4. The SMILES string of the molecule is C.O=C(O)CCNC(=O)c1ccc(CN(C(=O)Nc2cccc(C(F)(F)F)c2)c2ccc(C3CCCCC3)cc2)cc1. The minimum atomic E-state index is -4.54. The predicted molar refractivity (Wildman–Crippen MR) is 157 cm³/mol. The van der Waals surface area contributed by atoms with Crippen LogP contribution in [0.5, 0.6) is 0 Å². The van der Waals surface area contributed by atoms with Crippen LogP contribution in [0.4, 0.5) is 29.3 Å². The number of nitrogens with one attached hydrogen (secondary N) is 2. The van der Waals surface area contributed by atoms with Gasteiger partial charge < -0.3 is 15.7 Å². The van der Waals surface area contributed by atoms with Crippen LogP contribution in [-0.2, 0) is 17.5 Å². The zero-order valence-electron chi connectivity index (χ0n) is 22.4. The summed E-state index contributed by atoms with van der Waals surface area (Å²) in [5.41, 5.74) is 1.94. The van der Waals surface area contributed by atoms with Gasteiger partial charge in [-0.2, -0.15) is 13.2 Å². The molecule has 1 fully saturated rings. The monoisotopic (exact) mass is 583 g/mol. The zero-order valence-corrected chi connectivity index (χ0v) is 22.4. The molecule has 3 N–H and O–H groups in total. The number of rotatable bonds is 9. The summed E-state index contributed by atoms with van der Waals surface area (Å²) < 4.78 is 39.7. The molecule has 0 unspecified atom stereocenters. The molecule has 1 aliphatic carbocycles. The van der Waals surface area contributed by atoms with Crippen molar-refractivity contribution in [1.82, 2.24) is 5.32 Å². The van der Waals surface area contributed by atoms with Crippen LogP contribution in [0.1, 0.15) is 78.9 Å². The minimum Gasteiger partial charge on any atom is -0.481 e. The topological polar surface area (TPSA) is 98.7 Å². The van der Waals surface area contributed by atoms with E-state index >= 15 is 0 Å². The largest absolute Gasteiger partial charge is 0.481 e. The summed E-state index contributed by atoms with van der Waals surface area (Å²) in [7, 11) is 0. The number of hydrogen-bond acceptors (Lipinski definition) is 3. The number of carbonyl (C=O) groups excluding carboxylic acids is 2. The van der Waals surface area contributed by atoms with E-state index in [1.54, 1.807) is 24.3 Å². The molecule has 4 rings (SSSR count). The van der Waals surface area contributed by atoms with Gasteiger partial charge in [0.25, 0.3) is 5.91 Å². The van der Waals surface area contributed by atoms with Crippen molar-refractivity contribution in [1.29, 1.82) is 0 Å². The lowest BCUT2D eigenvalue weighted by Crippen LogP contribution is -2.34. The minimum absolute atomic E-state index is 0. The number of halogens is 3. The van der Waals surface area contributed by atoms with Gasteiger partial charge in [0.05, 0.1) is 18.5 Å². The maximum absolute atomic E-state index is 13.4. The molecule has 3 aromatic carbocycles. The highest BCUT2D eigenvalue weighted by Gasteiger charge is 2.30. The molecule has 0 bridgehead atoms. The normalized spacial score (nSPS) is 13.5. The van der Waals surface area contributed by atoms with E-state index in [0.717, 1.165) is 25.0 Å². The van der Waals surface area contributed by atoms with E-state index in [1.807, 2.05) is 24.3 Å². The van der Waals surface area contributed by atoms with Gasteiger partial charge in [0.1, 0.15) is 0 Å². The van der Waals surface area contributed by atoms with Gasteiger partial charge in [0.15, 0.2) is 0 Å².